The third kappa shape index (κ3) is 3.19. The Morgan fingerprint density at radius 2 is 1.74 bits per heavy atom. The Morgan fingerprint density at radius 1 is 1.00 bits per heavy atom. The van der Waals surface area contributed by atoms with Crippen molar-refractivity contribution in [1.29, 1.82) is 0 Å². The number of benzene rings is 2. The minimum absolute atomic E-state index is 0.686. The molecule has 0 aromatic heterocycles. The summed E-state index contributed by atoms with van der Waals surface area (Å²) in [5.74, 6) is 0.756. The molecule has 0 bridgehead atoms. The van der Waals surface area contributed by atoms with Crippen molar-refractivity contribution in [3.63, 3.8) is 0 Å². The van der Waals surface area contributed by atoms with Crippen LogP contribution in [0.15, 0.2) is 45.3 Å². The Kier molecular flexibility index (Phi) is 4.66. The third-order valence-electron chi connectivity index (χ3n) is 2.95. The first-order valence-electron chi connectivity index (χ1n) is 5.80. The lowest BCUT2D eigenvalue weighted by molar-refractivity contribution is 0.218. The fraction of sp³-hybridized carbons (Fsp3) is 0.200. The zero-order valence-electron chi connectivity index (χ0n) is 10.7. The van der Waals surface area contributed by atoms with E-state index in [0.29, 0.717) is 0 Å². The van der Waals surface area contributed by atoms with Crippen molar-refractivity contribution in [1.82, 2.24) is 0 Å². The number of aryl methyl sites for hydroxylation is 1. The van der Waals surface area contributed by atoms with Gasteiger partial charge in [-0.15, -0.1) is 0 Å². The highest BCUT2D eigenvalue weighted by atomic mass is 79.9. The van der Waals surface area contributed by atoms with E-state index in [0.717, 1.165) is 31.4 Å². The number of halogens is 2. The smallest absolute Gasteiger partial charge is 0.120 e. The molecule has 2 aromatic rings. The van der Waals surface area contributed by atoms with E-state index in [2.05, 4.69) is 31.9 Å². The minimum atomic E-state index is -0.686. The van der Waals surface area contributed by atoms with E-state index in [1.54, 1.807) is 7.11 Å². The van der Waals surface area contributed by atoms with Gasteiger partial charge in [0.2, 0.25) is 0 Å². The van der Waals surface area contributed by atoms with Crippen molar-refractivity contribution < 1.29 is 9.84 Å². The van der Waals surface area contributed by atoms with Gasteiger partial charge in [-0.05, 0) is 36.2 Å². The van der Waals surface area contributed by atoms with Crippen LogP contribution < -0.4 is 4.74 Å². The van der Waals surface area contributed by atoms with Crippen LogP contribution in [-0.2, 0) is 0 Å². The molecule has 1 unspecified atom stereocenters. The molecule has 0 heterocycles. The van der Waals surface area contributed by atoms with Crippen molar-refractivity contribution in [2.45, 2.75) is 13.0 Å². The van der Waals surface area contributed by atoms with E-state index in [1.807, 2.05) is 43.3 Å². The molecule has 0 radical (unpaired) electrons. The van der Waals surface area contributed by atoms with Crippen LogP contribution >= 0.6 is 31.9 Å². The summed E-state index contributed by atoms with van der Waals surface area (Å²) < 4.78 is 6.88. The second-order valence-electron chi connectivity index (χ2n) is 4.31. The first-order valence-corrected chi connectivity index (χ1v) is 7.39. The fourth-order valence-electron chi connectivity index (χ4n) is 1.90. The zero-order chi connectivity index (χ0) is 14.0. The second kappa shape index (κ2) is 6.07. The first kappa shape index (κ1) is 14.6. The predicted molar refractivity (Wildman–Crippen MR) is 83.6 cm³/mol. The van der Waals surface area contributed by atoms with Gasteiger partial charge in [-0.25, -0.2) is 0 Å². The van der Waals surface area contributed by atoms with E-state index >= 15 is 0 Å². The number of methoxy groups -OCH3 is 1. The third-order valence-corrected chi connectivity index (χ3v) is 4.36. The summed E-state index contributed by atoms with van der Waals surface area (Å²) in [5, 5.41) is 10.5. The van der Waals surface area contributed by atoms with E-state index in [-0.39, 0.29) is 0 Å². The van der Waals surface area contributed by atoms with Gasteiger partial charge in [0.1, 0.15) is 11.9 Å². The molecular formula is C15H14Br2O2. The van der Waals surface area contributed by atoms with Crippen LogP contribution in [-0.4, -0.2) is 12.2 Å². The Balaban J connectivity index is 2.43. The van der Waals surface area contributed by atoms with Gasteiger partial charge in [-0.1, -0.05) is 55.6 Å². The van der Waals surface area contributed by atoms with Crippen molar-refractivity contribution >= 4 is 31.9 Å². The van der Waals surface area contributed by atoms with Gasteiger partial charge >= 0.3 is 0 Å². The summed E-state index contributed by atoms with van der Waals surface area (Å²) in [6.07, 6.45) is -0.686. The number of rotatable bonds is 3. The molecule has 0 aliphatic rings. The summed E-state index contributed by atoms with van der Waals surface area (Å²) in [4.78, 5) is 0. The molecule has 0 saturated carbocycles. The van der Waals surface area contributed by atoms with Crippen molar-refractivity contribution in [2.24, 2.45) is 0 Å². The van der Waals surface area contributed by atoms with E-state index in [9.17, 15) is 5.11 Å². The monoisotopic (exact) mass is 384 g/mol. The van der Waals surface area contributed by atoms with E-state index in [1.165, 1.54) is 0 Å². The Hall–Kier alpha value is -0.840. The van der Waals surface area contributed by atoms with E-state index in [4.69, 9.17) is 4.74 Å². The largest absolute Gasteiger partial charge is 0.497 e. The van der Waals surface area contributed by atoms with Crippen LogP contribution in [0.4, 0.5) is 0 Å². The molecule has 1 atom stereocenters. The van der Waals surface area contributed by atoms with Crippen molar-refractivity contribution in [3.05, 3.63) is 62.0 Å². The molecule has 1 N–H and O–H groups in total. The lowest BCUT2D eigenvalue weighted by atomic mass is 10.00. The first-order chi connectivity index (χ1) is 9.02. The molecule has 2 rings (SSSR count). The second-order valence-corrected chi connectivity index (χ2v) is 6.02. The molecule has 4 heteroatoms. The lowest BCUT2D eigenvalue weighted by Gasteiger charge is -2.16. The van der Waals surface area contributed by atoms with Crippen LogP contribution in [0, 0.1) is 6.92 Å². The summed E-state index contributed by atoms with van der Waals surface area (Å²) in [6, 6.07) is 11.5. The molecule has 0 amide bonds. The highest BCUT2D eigenvalue weighted by Gasteiger charge is 2.17. The fourth-order valence-corrected chi connectivity index (χ4v) is 2.93. The van der Waals surface area contributed by atoms with Crippen LogP contribution in [0.25, 0.3) is 0 Å². The van der Waals surface area contributed by atoms with Crippen molar-refractivity contribution in [3.8, 4) is 5.75 Å². The van der Waals surface area contributed by atoms with Gasteiger partial charge in [0, 0.05) is 8.95 Å². The average molecular weight is 386 g/mol. The number of hydrogen-bond donors (Lipinski definition) is 1. The Morgan fingerprint density at radius 3 is 2.37 bits per heavy atom. The maximum atomic E-state index is 10.5. The summed E-state index contributed by atoms with van der Waals surface area (Å²) >= 11 is 6.95. The Labute approximate surface area is 129 Å². The summed E-state index contributed by atoms with van der Waals surface area (Å²) in [6.45, 7) is 2.01. The summed E-state index contributed by atoms with van der Waals surface area (Å²) in [5.41, 5.74) is 2.78. The molecule has 0 aliphatic carbocycles. The molecule has 19 heavy (non-hydrogen) atoms. The standard InChI is InChI=1S/C15H14Br2O2/c1-9-3-6-13(16)12(7-9)15(18)11-5-4-10(19-2)8-14(11)17/h3-8,15,18H,1-2H3. The predicted octanol–water partition coefficient (Wildman–Crippen LogP) is 4.61. The highest BCUT2D eigenvalue weighted by Crippen LogP contribution is 2.34. The highest BCUT2D eigenvalue weighted by molar-refractivity contribution is 9.10. The van der Waals surface area contributed by atoms with Crippen LogP contribution in [0.5, 0.6) is 5.75 Å². The number of hydrogen-bond acceptors (Lipinski definition) is 2. The number of aliphatic hydroxyl groups is 1. The molecule has 100 valence electrons. The average Bonchev–Trinajstić information content (AvgIpc) is 2.40. The maximum Gasteiger partial charge on any atom is 0.120 e. The molecular weight excluding hydrogens is 372 g/mol. The topological polar surface area (TPSA) is 29.5 Å². The van der Waals surface area contributed by atoms with Gasteiger partial charge in [0.05, 0.1) is 7.11 Å². The summed E-state index contributed by atoms with van der Waals surface area (Å²) in [7, 11) is 1.62. The molecule has 0 saturated heterocycles. The van der Waals surface area contributed by atoms with Gasteiger partial charge in [0.25, 0.3) is 0 Å². The quantitative estimate of drug-likeness (QED) is 0.835. The van der Waals surface area contributed by atoms with Gasteiger partial charge in [-0.3, -0.25) is 0 Å². The van der Waals surface area contributed by atoms with Gasteiger partial charge in [0.15, 0.2) is 0 Å². The van der Waals surface area contributed by atoms with Crippen LogP contribution in [0.1, 0.15) is 22.8 Å². The molecule has 2 aromatic carbocycles. The molecule has 2 nitrogen and oxygen atoms in total. The molecule has 0 spiro atoms. The minimum Gasteiger partial charge on any atom is -0.497 e. The number of aliphatic hydroxyl groups excluding tert-OH is 1. The molecule has 0 fully saturated rings. The van der Waals surface area contributed by atoms with Gasteiger partial charge < -0.3 is 9.84 Å². The Bertz CT molecular complexity index is 597. The normalized spacial score (nSPS) is 12.3. The molecule has 0 aliphatic heterocycles. The van der Waals surface area contributed by atoms with Gasteiger partial charge in [-0.2, -0.15) is 0 Å². The lowest BCUT2D eigenvalue weighted by Crippen LogP contribution is -2.02. The van der Waals surface area contributed by atoms with Crippen LogP contribution in [0.3, 0.4) is 0 Å². The van der Waals surface area contributed by atoms with Crippen molar-refractivity contribution in [2.75, 3.05) is 7.11 Å². The maximum absolute atomic E-state index is 10.5. The van der Waals surface area contributed by atoms with Crippen LogP contribution in [0.2, 0.25) is 0 Å². The van der Waals surface area contributed by atoms with E-state index < -0.39 is 6.10 Å². The SMILES string of the molecule is COc1ccc(C(O)c2cc(C)ccc2Br)c(Br)c1. The zero-order valence-corrected chi connectivity index (χ0v) is 13.8. The number of ether oxygens (including phenoxy) is 1.